The van der Waals surface area contributed by atoms with Crippen LogP contribution in [0.5, 0.6) is 5.75 Å². The Balaban J connectivity index is 0.00000450. The molecule has 0 unspecified atom stereocenters. The van der Waals surface area contributed by atoms with Crippen molar-refractivity contribution in [1.82, 2.24) is 14.9 Å². The zero-order valence-corrected chi connectivity index (χ0v) is 20.7. The van der Waals surface area contributed by atoms with Crippen molar-refractivity contribution in [3.8, 4) is 5.75 Å². The minimum Gasteiger partial charge on any atom is -0.434 e. The highest BCUT2D eigenvalue weighted by Crippen LogP contribution is 2.23. The van der Waals surface area contributed by atoms with Gasteiger partial charge in [0.15, 0.2) is 5.96 Å². The number of nitrogens with zero attached hydrogens (tertiary/aromatic N) is 2. The summed E-state index contributed by atoms with van der Waals surface area (Å²) in [5.41, 5.74) is 1.52. The van der Waals surface area contributed by atoms with Crippen LogP contribution in [-0.2, 0) is 16.6 Å². The van der Waals surface area contributed by atoms with E-state index in [1.54, 1.807) is 12.1 Å². The van der Waals surface area contributed by atoms with E-state index >= 15 is 0 Å². The van der Waals surface area contributed by atoms with Crippen LogP contribution in [0.4, 0.5) is 8.78 Å². The molecule has 7 nitrogen and oxygen atoms in total. The quantitative estimate of drug-likeness (QED) is 0.291. The molecule has 0 radical (unpaired) electrons. The zero-order valence-electron chi connectivity index (χ0n) is 17.5. The average Bonchev–Trinajstić information content (AvgIpc) is 2.65. The molecule has 0 aromatic heterocycles. The second kappa shape index (κ2) is 12.6. The predicted octanol–water partition coefficient (Wildman–Crippen LogP) is 2.94. The van der Waals surface area contributed by atoms with Gasteiger partial charge in [0.25, 0.3) is 0 Å². The van der Waals surface area contributed by atoms with E-state index in [0.29, 0.717) is 43.6 Å². The Kier molecular flexibility index (Phi) is 11.3. The number of aliphatic imine (C=N–C) groups is 1. The number of halogens is 3. The molecule has 0 aliphatic carbocycles. The molecule has 0 amide bonds. The van der Waals surface area contributed by atoms with Crippen molar-refractivity contribution in [2.45, 2.75) is 39.8 Å². The van der Waals surface area contributed by atoms with Crippen LogP contribution in [0, 0.1) is 12.8 Å². The van der Waals surface area contributed by atoms with Crippen molar-refractivity contribution in [2.24, 2.45) is 10.9 Å². The number of piperidine rings is 1. The number of nitrogens with one attached hydrogen (secondary N) is 2. The maximum absolute atomic E-state index is 12.6. The standard InChI is InChI=1S/C19H30F2N4O3S.HI/c1-4-22-19(23-12-15-7-9-25(10-8-15)29(3,26)27)24-13-16-11-14(2)5-6-17(16)28-18(20)21;/h5-6,11,15,18H,4,7-10,12-13H2,1-3H3,(H2,22,23,24);1H. The summed E-state index contributed by atoms with van der Waals surface area (Å²) >= 11 is 0. The molecule has 0 atom stereocenters. The second-order valence-corrected chi connectivity index (χ2v) is 9.15. The van der Waals surface area contributed by atoms with Crippen molar-refractivity contribution in [1.29, 1.82) is 0 Å². The number of alkyl halides is 2. The van der Waals surface area contributed by atoms with Gasteiger partial charge in [-0.2, -0.15) is 8.78 Å². The smallest absolute Gasteiger partial charge is 0.387 e. The largest absolute Gasteiger partial charge is 0.434 e. The summed E-state index contributed by atoms with van der Waals surface area (Å²) in [7, 11) is -3.13. The Morgan fingerprint density at radius 1 is 1.30 bits per heavy atom. The van der Waals surface area contributed by atoms with Gasteiger partial charge in [0.1, 0.15) is 5.75 Å². The van der Waals surface area contributed by atoms with Crippen molar-refractivity contribution < 1.29 is 21.9 Å². The summed E-state index contributed by atoms with van der Waals surface area (Å²) in [6.07, 6.45) is 2.80. The molecule has 11 heteroatoms. The lowest BCUT2D eigenvalue weighted by Gasteiger charge is -2.30. The second-order valence-electron chi connectivity index (χ2n) is 7.17. The summed E-state index contributed by atoms with van der Waals surface area (Å²) in [6.45, 7) is 3.51. The predicted molar refractivity (Wildman–Crippen MR) is 125 cm³/mol. The number of hydrogen-bond acceptors (Lipinski definition) is 4. The fraction of sp³-hybridized carbons (Fsp3) is 0.632. The minimum atomic E-state index is -3.13. The molecular formula is C19H31F2IN4O3S. The van der Waals surface area contributed by atoms with E-state index in [0.717, 1.165) is 18.4 Å². The highest BCUT2D eigenvalue weighted by atomic mass is 127. The van der Waals surface area contributed by atoms with Crippen LogP contribution >= 0.6 is 24.0 Å². The van der Waals surface area contributed by atoms with Crippen LogP contribution in [-0.4, -0.2) is 57.7 Å². The van der Waals surface area contributed by atoms with Gasteiger partial charge in [0.05, 0.1) is 12.8 Å². The fourth-order valence-corrected chi connectivity index (χ4v) is 4.11. The summed E-state index contributed by atoms with van der Waals surface area (Å²) in [4.78, 5) is 4.49. The zero-order chi connectivity index (χ0) is 21.4. The van der Waals surface area contributed by atoms with Crippen LogP contribution in [0.15, 0.2) is 23.2 Å². The first-order chi connectivity index (χ1) is 13.7. The van der Waals surface area contributed by atoms with Gasteiger partial charge in [-0.3, -0.25) is 0 Å². The first kappa shape index (κ1) is 26.8. The molecule has 1 aromatic rings. The molecule has 0 bridgehead atoms. The lowest BCUT2D eigenvalue weighted by Crippen LogP contribution is -2.44. The normalized spacial score (nSPS) is 16.3. The topological polar surface area (TPSA) is 83.0 Å². The third-order valence-corrected chi connectivity index (χ3v) is 6.09. The van der Waals surface area contributed by atoms with Crippen molar-refractivity contribution in [3.05, 3.63) is 29.3 Å². The van der Waals surface area contributed by atoms with Crippen LogP contribution in [0.1, 0.15) is 30.9 Å². The number of guanidine groups is 1. The molecule has 0 spiro atoms. The van der Waals surface area contributed by atoms with Gasteiger partial charge in [-0.05, 0) is 38.7 Å². The van der Waals surface area contributed by atoms with Gasteiger partial charge in [-0.15, -0.1) is 24.0 Å². The Morgan fingerprint density at radius 2 is 1.97 bits per heavy atom. The first-order valence-corrected chi connectivity index (χ1v) is 11.6. The lowest BCUT2D eigenvalue weighted by atomic mass is 9.98. The van der Waals surface area contributed by atoms with E-state index in [9.17, 15) is 17.2 Å². The molecule has 1 aliphatic heterocycles. The lowest BCUT2D eigenvalue weighted by molar-refractivity contribution is -0.0504. The van der Waals surface area contributed by atoms with Crippen molar-refractivity contribution >= 4 is 40.0 Å². The van der Waals surface area contributed by atoms with Crippen LogP contribution < -0.4 is 15.4 Å². The molecule has 1 saturated heterocycles. The monoisotopic (exact) mass is 560 g/mol. The van der Waals surface area contributed by atoms with Crippen LogP contribution in [0.25, 0.3) is 0 Å². The van der Waals surface area contributed by atoms with E-state index in [2.05, 4.69) is 20.4 Å². The van der Waals surface area contributed by atoms with Gasteiger partial charge < -0.3 is 15.4 Å². The fourth-order valence-electron chi connectivity index (χ4n) is 3.23. The number of sulfonamides is 1. The number of ether oxygens (including phenoxy) is 1. The van der Waals surface area contributed by atoms with Crippen LogP contribution in [0.3, 0.4) is 0 Å². The molecule has 1 heterocycles. The third-order valence-electron chi connectivity index (χ3n) is 4.78. The van der Waals surface area contributed by atoms with E-state index in [-0.39, 0.29) is 36.3 Å². The average molecular weight is 560 g/mol. The summed E-state index contributed by atoms with van der Waals surface area (Å²) in [5.74, 6) is 1.05. The number of benzene rings is 1. The molecule has 2 rings (SSSR count). The van der Waals surface area contributed by atoms with E-state index in [1.807, 2.05) is 13.8 Å². The summed E-state index contributed by atoms with van der Waals surface area (Å²) < 4.78 is 54.6. The maximum Gasteiger partial charge on any atom is 0.387 e. The Hall–Kier alpha value is -1.21. The molecule has 1 aromatic carbocycles. The van der Waals surface area contributed by atoms with Gasteiger partial charge in [0.2, 0.25) is 10.0 Å². The first-order valence-electron chi connectivity index (χ1n) is 9.70. The molecule has 172 valence electrons. The van der Waals surface area contributed by atoms with Gasteiger partial charge in [-0.1, -0.05) is 17.7 Å². The Morgan fingerprint density at radius 3 is 2.53 bits per heavy atom. The SMILES string of the molecule is CCNC(=NCc1cc(C)ccc1OC(F)F)NCC1CCN(S(C)(=O)=O)CC1.I. The highest BCUT2D eigenvalue weighted by Gasteiger charge is 2.24. The Labute approximate surface area is 194 Å². The summed E-state index contributed by atoms with van der Waals surface area (Å²) in [5, 5.41) is 6.41. The van der Waals surface area contributed by atoms with Crippen molar-refractivity contribution in [2.75, 3.05) is 32.4 Å². The number of aryl methyl sites for hydroxylation is 1. The van der Waals surface area contributed by atoms with Gasteiger partial charge >= 0.3 is 6.61 Å². The molecule has 1 fully saturated rings. The number of hydrogen-bond donors (Lipinski definition) is 2. The minimum absolute atomic E-state index is 0. The van der Waals surface area contributed by atoms with Gasteiger partial charge in [0, 0.05) is 31.7 Å². The third kappa shape index (κ3) is 8.88. The maximum atomic E-state index is 12.6. The summed E-state index contributed by atoms with van der Waals surface area (Å²) in [6, 6.07) is 5.03. The molecule has 1 aliphatic rings. The van der Waals surface area contributed by atoms with E-state index < -0.39 is 16.6 Å². The highest BCUT2D eigenvalue weighted by molar-refractivity contribution is 14.0. The molecule has 2 N–H and O–H groups in total. The molecule has 0 saturated carbocycles. The van der Waals surface area contributed by atoms with Crippen molar-refractivity contribution in [3.63, 3.8) is 0 Å². The Bertz CT molecular complexity index is 801. The van der Waals surface area contributed by atoms with E-state index in [4.69, 9.17) is 0 Å². The van der Waals surface area contributed by atoms with E-state index in [1.165, 1.54) is 16.6 Å². The van der Waals surface area contributed by atoms with Gasteiger partial charge in [-0.25, -0.2) is 17.7 Å². The number of rotatable bonds is 8. The molecule has 30 heavy (non-hydrogen) atoms. The van der Waals surface area contributed by atoms with Crippen LogP contribution in [0.2, 0.25) is 0 Å². The molecular weight excluding hydrogens is 529 g/mol.